The third-order valence-electron chi connectivity index (χ3n) is 1.99. The maximum Gasteiger partial charge on any atom is 0.339 e. The highest BCUT2D eigenvalue weighted by Gasteiger charge is 2.10. The zero-order valence-electron chi connectivity index (χ0n) is 7.85. The van der Waals surface area contributed by atoms with Crippen LogP contribution in [0.4, 0.5) is 0 Å². The Morgan fingerprint density at radius 1 is 1.50 bits per heavy atom. The van der Waals surface area contributed by atoms with Gasteiger partial charge in [0.2, 0.25) is 0 Å². The summed E-state index contributed by atoms with van der Waals surface area (Å²) in [4.78, 5) is 14.9. The van der Waals surface area contributed by atoms with Crippen molar-refractivity contribution >= 4 is 11.6 Å². The van der Waals surface area contributed by atoms with E-state index in [1.807, 2.05) is 6.92 Å². The first-order chi connectivity index (χ1) is 6.58. The molecule has 0 fully saturated rings. The molecule has 14 heavy (non-hydrogen) atoms. The van der Waals surface area contributed by atoms with E-state index in [9.17, 15) is 4.79 Å². The second-order valence-corrected chi connectivity index (χ2v) is 3.13. The second-order valence-electron chi connectivity index (χ2n) is 3.13. The zero-order chi connectivity index (χ0) is 10.3. The van der Waals surface area contributed by atoms with Crippen LogP contribution in [0.5, 0.6) is 0 Å². The van der Waals surface area contributed by atoms with Crippen molar-refractivity contribution in [2.24, 2.45) is 0 Å². The van der Waals surface area contributed by atoms with Crippen LogP contribution in [-0.4, -0.2) is 25.7 Å². The molecule has 72 valence electrons. The summed E-state index contributed by atoms with van der Waals surface area (Å²) in [5, 5.41) is 12.9. The lowest BCUT2D eigenvalue weighted by atomic mass is 10.2. The Hall–Kier alpha value is -1.91. The van der Waals surface area contributed by atoms with E-state index in [0.29, 0.717) is 11.3 Å². The van der Waals surface area contributed by atoms with E-state index in [4.69, 9.17) is 5.11 Å². The lowest BCUT2D eigenvalue weighted by molar-refractivity contribution is 0.0695. The van der Waals surface area contributed by atoms with Gasteiger partial charge in [-0.05, 0) is 13.8 Å². The predicted molar refractivity (Wildman–Crippen MR) is 49.4 cm³/mol. The van der Waals surface area contributed by atoms with Gasteiger partial charge in [0.05, 0.1) is 17.0 Å². The first kappa shape index (κ1) is 8.68. The standard InChI is InChI=1S/C9H9N3O2/c1-5-3-8-10-6(2)7(9(13)14)4-12(8)11-5/h3-4H,1-2H3,(H,13,14). The third-order valence-corrected chi connectivity index (χ3v) is 1.99. The number of carboxylic acids is 1. The first-order valence-corrected chi connectivity index (χ1v) is 4.15. The highest BCUT2D eigenvalue weighted by molar-refractivity contribution is 5.88. The molecule has 0 aliphatic heterocycles. The van der Waals surface area contributed by atoms with Gasteiger partial charge >= 0.3 is 5.97 Å². The molecule has 0 aromatic carbocycles. The Morgan fingerprint density at radius 2 is 2.21 bits per heavy atom. The number of rotatable bonds is 1. The Morgan fingerprint density at radius 3 is 2.86 bits per heavy atom. The summed E-state index contributed by atoms with van der Waals surface area (Å²) in [7, 11) is 0. The molecule has 0 amide bonds. The van der Waals surface area contributed by atoms with Crippen LogP contribution in [0.1, 0.15) is 21.7 Å². The molecule has 2 aromatic rings. The minimum atomic E-state index is -0.981. The van der Waals surface area contributed by atoms with Gasteiger partial charge in [-0.15, -0.1) is 0 Å². The van der Waals surface area contributed by atoms with Crippen molar-refractivity contribution in [1.29, 1.82) is 0 Å². The maximum absolute atomic E-state index is 10.8. The number of aromatic nitrogens is 3. The van der Waals surface area contributed by atoms with Crippen molar-refractivity contribution in [3.8, 4) is 0 Å². The third kappa shape index (κ3) is 1.22. The fraction of sp³-hybridized carbons (Fsp3) is 0.222. The Kier molecular flexibility index (Phi) is 1.73. The molecule has 2 rings (SSSR count). The maximum atomic E-state index is 10.8. The molecule has 0 saturated heterocycles. The lowest BCUT2D eigenvalue weighted by Gasteiger charge is -1.99. The molecular weight excluding hydrogens is 182 g/mol. The van der Waals surface area contributed by atoms with Gasteiger partial charge in [0, 0.05) is 12.3 Å². The monoisotopic (exact) mass is 191 g/mol. The highest BCUT2D eigenvalue weighted by Crippen LogP contribution is 2.09. The quantitative estimate of drug-likeness (QED) is 0.731. The van der Waals surface area contributed by atoms with Crippen molar-refractivity contribution in [1.82, 2.24) is 14.6 Å². The van der Waals surface area contributed by atoms with Crippen LogP contribution >= 0.6 is 0 Å². The first-order valence-electron chi connectivity index (χ1n) is 4.15. The van der Waals surface area contributed by atoms with Crippen molar-refractivity contribution in [2.45, 2.75) is 13.8 Å². The van der Waals surface area contributed by atoms with E-state index in [1.54, 1.807) is 13.0 Å². The smallest absolute Gasteiger partial charge is 0.339 e. The van der Waals surface area contributed by atoms with Gasteiger partial charge in [-0.25, -0.2) is 14.3 Å². The SMILES string of the molecule is Cc1cc2nc(C)c(C(=O)O)cn2n1. The topological polar surface area (TPSA) is 67.5 Å². The van der Waals surface area contributed by atoms with E-state index in [1.165, 1.54) is 10.7 Å². The number of hydrogen-bond acceptors (Lipinski definition) is 3. The highest BCUT2D eigenvalue weighted by atomic mass is 16.4. The average Bonchev–Trinajstić information content (AvgIpc) is 2.42. The summed E-state index contributed by atoms with van der Waals surface area (Å²) in [5.74, 6) is -0.981. The van der Waals surface area contributed by atoms with Gasteiger partial charge in [0.25, 0.3) is 0 Å². The summed E-state index contributed by atoms with van der Waals surface area (Å²) in [5.41, 5.74) is 2.18. The van der Waals surface area contributed by atoms with Crippen LogP contribution in [0.15, 0.2) is 12.3 Å². The fourth-order valence-electron chi connectivity index (χ4n) is 1.34. The molecule has 5 nitrogen and oxygen atoms in total. The Balaban J connectivity index is 2.76. The number of fused-ring (bicyclic) bond motifs is 1. The zero-order valence-corrected chi connectivity index (χ0v) is 7.85. The molecule has 0 saturated carbocycles. The van der Waals surface area contributed by atoms with Gasteiger partial charge in [0.15, 0.2) is 5.65 Å². The normalized spacial score (nSPS) is 10.7. The molecule has 2 heterocycles. The van der Waals surface area contributed by atoms with Crippen molar-refractivity contribution in [2.75, 3.05) is 0 Å². The number of carbonyl (C=O) groups is 1. The van der Waals surface area contributed by atoms with Crippen molar-refractivity contribution in [3.05, 3.63) is 29.2 Å². The number of carboxylic acid groups (broad SMARTS) is 1. The molecular formula is C9H9N3O2. The van der Waals surface area contributed by atoms with E-state index >= 15 is 0 Å². The number of nitrogens with zero attached hydrogens (tertiary/aromatic N) is 3. The van der Waals surface area contributed by atoms with Crippen LogP contribution in [-0.2, 0) is 0 Å². The summed E-state index contributed by atoms with van der Waals surface area (Å²) in [6.45, 7) is 3.51. The second kappa shape index (κ2) is 2.80. The molecule has 0 aliphatic rings. The Bertz CT molecular complexity index is 516. The van der Waals surface area contributed by atoms with Crippen LogP contribution in [0.2, 0.25) is 0 Å². The van der Waals surface area contributed by atoms with E-state index < -0.39 is 5.97 Å². The average molecular weight is 191 g/mol. The predicted octanol–water partition coefficient (Wildman–Crippen LogP) is 1.04. The van der Waals surface area contributed by atoms with Crippen LogP contribution in [0.25, 0.3) is 5.65 Å². The summed E-state index contributed by atoms with van der Waals surface area (Å²) < 4.78 is 1.48. The van der Waals surface area contributed by atoms with Gasteiger partial charge < -0.3 is 5.11 Å². The largest absolute Gasteiger partial charge is 0.478 e. The van der Waals surface area contributed by atoms with E-state index in [0.717, 1.165) is 5.69 Å². The van der Waals surface area contributed by atoms with Crippen LogP contribution in [0, 0.1) is 13.8 Å². The van der Waals surface area contributed by atoms with Crippen molar-refractivity contribution < 1.29 is 9.90 Å². The Labute approximate surface area is 80.0 Å². The molecule has 1 N–H and O–H groups in total. The summed E-state index contributed by atoms with van der Waals surface area (Å²) in [6.07, 6.45) is 1.48. The summed E-state index contributed by atoms with van der Waals surface area (Å²) >= 11 is 0. The number of hydrogen-bond donors (Lipinski definition) is 1. The minimum Gasteiger partial charge on any atom is -0.478 e. The van der Waals surface area contributed by atoms with E-state index in [-0.39, 0.29) is 5.56 Å². The summed E-state index contributed by atoms with van der Waals surface area (Å²) in [6, 6.07) is 1.80. The molecule has 0 aliphatic carbocycles. The fourth-order valence-corrected chi connectivity index (χ4v) is 1.34. The van der Waals surface area contributed by atoms with Gasteiger partial charge in [-0.2, -0.15) is 5.10 Å². The number of aromatic carboxylic acids is 1. The molecule has 0 unspecified atom stereocenters. The molecule has 0 atom stereocenters. The van der Waals surface area contributed by atoms with Gasteiger partial charge in [-0.1, -0.05) is 0 Å². The molecule has 0 spiro atoms. The molecule has 5 heteroatoms. The van der Waals surface area contributed by atoms with Gasteiger partial charge in [-0.3, -0.25) is 0 Å². The molecule has 2 aromatic heterocycles. The molecule has 0 bridgehead atoms. The lowest BCUT2D eigenvalue weighted by Crippen LogP contribution is -2.05. The van der Waals surface area contributed by atoms with Crippen LogP contribution < -0.4 is 0 Å². The minimum absolute atomic E-state index is 0.181. The van der Waals surface area contributed by atoms with Crippen molar-refractivity contribution in [3.63, 3.8) is 0 Å². The van der Waals surface area contributed by atoms with Gasteiger partial charge in [0.1, 0.15) is 0 Å². The molecule has 0 radical (unpaired) electrons. The number of aryl methyl sites for hydroxylation is 2. The van der Waals surface area contributed by atoms with Crippen LogP contribution in [0.3, 0.4) is 0 Å². The van der Waals surface area contributed by atoms with E-state index in [2.05, 4.69) is 10.1 Å².